The summed E-state index contributed by atoms with van der Waals surface area (Å²) in [5.41, 5.74) is 7.19. The number of carbonyl (C=O) groups excluding carboxylic acids is 1. The molecule has 3 unspecified atom stereocenters. The summed E-state index contributed by atoms with van der Waals surface area (Å²) in [6, 6.07) is 2.28. The van der Waals surface area contributed by atoms with Gasteiger partial charge in [-0.15, -0.1) is 12.4 Å². The molecule has 1 saturated heterocycles. The average molecular weight is 331 g/mol. The van der Waals surface area contributed by atoms with Crippen LogP contribution in [0.4, 0.5) is 0 Å². The number of hydrogen-bond donors (Lipinski definition) is 1. The fraction of sp³-hybridized carbons (Fsp3) is 0.667. The van der Waals surface area contributed by atoms with E-state index in [2.05, 4.69) is 16.8 Å². The Morgan fingerprint density at radius 1 is 1.43 bits per heavy atom. The minimum absolute atomic E-state index is 0. The summed E-state index contributed by atoms with van der Waals surface area (Å²) in [4.78, 5) is 14.6. The van der Waals surface area contributed by atoms with Crippen LogP contribution < -0.4 is 5.73 Å². The third kappa shape index (κ3) is 3.97. The maximum atomic E-state index is 12.6. The Bertz CT molecular complexity index is 455. The monoisotopic (exact) mass is 330 g/mol. The quantitative estimate of drug-likeness (QED) is 0.906. The number of morpholine rings is 1. The lowest BCUT2D eigenvalue weighted by molar-refractivity contribution is -0.144. The molecule has 2 aliphatic rings. The average Bonchev–Trinajstić information content (AvgIpc) is 3.01. The van der Waals surface area contributed by atoms with E-state index in [1.54, 1.807) is 11.3 Å². The summed E-state index contributed by atoms with van der Waals surface area (Å²) in [5, 5.41) is 4.16. The number of hydrogen-bond acceptors (Lipinski definition) is 4. The van der Waals surface area contributed by atoms with E-state index in [1.165, 1.54) is 5.56 Å². The Balaban J connectivity index is 0.00000161. The number of rotatable bonds is 2. The largest absolute Gasteiger partial charge is 0.370 e. The zero-order valence-electron chi connectivity index (χ0n) is 12.1. The first kappa shape index (κ1) is 16.7. The maximum absolute atomic E-state index is 12.6. The molecule has 1 aliphatic carbocycles. The molecule has 0 aromatic carbocycles. The lowest BCUT2D eigenvalue weighted by Crippen LogP contribution is -2.46. The predicted molar refractivity (Wildman–Crippen MR) is 86.8 cm³/mol. The fourth-order valence-electron chi connectivity index (χ4n) is 3.22. The Labute approximate surface area is 136 Å². The van der Waals surface area contributed by atoms with Crippen molar-refractivity contribution >= 4 is 29.7 Å². The molecule has 2 N–H and O–H groups in total. The molecule has 3 rings (SSSR count). The van der Waals surface area contributed by atoms with Crippen molar-refractivity contribution < 1.29 is 9.53 Å². The lowest BCUT2D eigenvalue weighted by Gasteiger charge is -2.36. The molecule has 0 bridgehead atoms. The van der Waals surface area contributed by atoms with Crippen molar-refractivity contribution in [2.45, 2.75) is 37.8 Å². The minimum atomic E-state index is 0. The second-order valence-corrected chi connectivity index (χ2v) is 6.60. The van der Waals surface area contributed by atoms with Gasteiger partial charge in [-0.05, 0) is 41.7 Å². The SMILES string of the molecule is Cl.NC1CCCC(C(=O)N2CCOC(c3ccsc3)C2)C1. The minimum Gasteiger partial charge on any atom is -0.370 e. The molecule has 3 atom stereocenters. The summed E-state index contributed by atoms with van der Waals surface area (Å²) in [6.45, 7) is 2.03. The van der Waals surface area contributed by atoms with Crippen molar-refractivity contribution in [3.8, 4) is 0 Å². The highest BCUT2D eigenvalue weighted by Crippen LogP contribution is 2.29. The number of nitrogens with two attached hydrogens (primary N) is 1. The van der Waals surface area contributed by atoms with E-state index in [0.29, 0.717) is 19.7 Å². The van der Waals surface area contributed by atoms with Crippen LogP contribution in [0.5, 0.6) is 0 Å². The van der Waals surface area contributed by atoms with Crippen LogP contribution in [0.3, 0.4) is 0 Å². The van der Waals surface area contributed by atoms with Crippen LogP contribution in [0, 0.1) is 5.92 Å². The number of ether oxygens (including phenoxy) is 1. The van der Waals surface area contributed by atoms with E-state index in [4.69, 9.17) is 10.5 Å². The molecule has 1 aromatic rings. The van der Waals surface area contributed by atoms with Gasteiger partial charge >= 0.3 is 0 Å². The molecule has 1 saturated carbocycles. The first-order chi connectivity index (χ1) is 9.74. The molecule has 4 nitrogen and oxygen atoms in total. The van der Waals surface area contributed by atoms with Crippen LogP contribution in [0.1, 0.15) is 37.4 Å². The van der Waals surface area contributed by atoms with E-state index >= 15 is 0 Å². The molecule has 1 aliphatic heterocycles. The van der Waals surface area contributed by atoms with Gasteiger partial charge in [0.1, 0.15) is 6.10 Å². The molecule has 21 heavy (non-hydrogen) atoms. The Kier molecular flexibility index (Phi) is 6.05. The molecule has 6 heteroatoms. The molecular weight excluding hydrogens is 308 g/mol. The van der Waals surface area contributed by atoms with Gasteiger partial charge in [0.15, 0.2) is 0 Å². The van der Waals surface area contributed by atoms with Crippen LogP contribution in [-0.4, -0.2) is 36.5 Å². The number of nitrogens with zero attached hydrogens (tertiary/aromatic N) is 1. The summed E-state index contributed by atoms with van der Waals surface area (Å²) < 4.78 is 5.80. The third-order valence-electron chi connectivity index (χ3n) is 4.36. The van der Waals surface area contributed by atoms with E-state index in [9.17, 15) is 4.79 Å². The first-order valence-corrected chi connectivity index (χ1v) is 8.36. The van der Waals surface area contributed by atoms with Gasteiger partial charge < -0.3 is 15.4 Å². The summed E-state index contributed by atoms with van der Waals surface area (Å²) in [7, 11) is 0. The Hall–Kier alpha value is -0.620. The summed E-state index contributed by atoms with van der Waals surface area (Å²) in [5.74, 6) is 0.406. The van der Waals surface area contributed by atoms with Gasteiger partial charge in [-0.2, -0.15) is 11.3 Å². The van der Waals surface area contributed by atoms with Gasteiger partial charge in [0, 0.05) is 18.5 Å². The zero-order chi connectivity index (χ0) is 13.9. The van der Waals surface area contributed by atoms with Gasteiger partial charge in [-0.25, -0.2) is 0 Å². The fourth-order valence-corrected chi connectivity index (χ4v) is 3.92. The van der Waals surface area contributed by atoms with E-state index in [-0.39, 0.29) is 36.4 Å². The Morgan fingerprint density at radius 2 is 2.29 bits per heavy atom. The van der Waals surface area contributed by atoms with E-state index in [0.717, 1.165) is 25.7 Å². The van der Waals surface area contributed by atoms with E-state index < -0.39 is 0 Å². The molecule has 0 spiro atoms. The Morgan fingerprint density at radius 3 is 3.00 bits per heavy atom. The topological polar surface area (TPSA) is 55.6 Å². The van der Waals surface area contributed by atoms with Crippen molar-refractivity contribution in [3.63, 3.8) is 0 Å². The van der Waals surface area contributed by atoms with Gasteiger partial charge in [-0.3, -0.25) is 4.79 Å². The van der Waals surface area contributed by atoms with Gasteiger partial charge in [0.2, 0.25) is 5.91 Å². The normalized spacial score (nSPS) is 29.8. The molecule has 0 radical (unpaired) electrons. The first-order valence-electron chi connectivity index (χ1n) is 7.42. The third-order valence-corrected chi connectivity index (χ3v) is 5.06. The summed E-state index contributed by atoms with van der Waals surface area (Å²) >= 11 is 1.67. The zero-order valence-corrected chi connectivity index (χ0v) is 13.7. The number of thiophene rings is 1. The molecule has 2 heterocycles. The second-order valence-electron chi connectivity index (χ2n) is 5.82. The lowest BCUT2D eigenvalue weighted by atomic mass is 9.85. The highest BCUT2D eigenvalue weighted by atomic mass is 35.5. The second kappa shape index (κ2) is 7.58. The molecule has 2 fully saturated rings. The number of halogens is 1. The van der Waals surface area contributed by atoms with Gasteiger partial charge in [0.05, 0.1) is 13.2 Å². The van der Waals surface area contributed by atoms with E-state index in [1.807, 2.05) is 4.90 Å². The van der Waals surface area contributed by atoms with Crippen molar-refractivity contribution in [1.29, 1.82) is 0 Å². The van der Waals surface area contributed by atoms with Crippen LogP contribution in [0.25, 0.3) is 0 Å². The van der Waals surface area contributed by atoms with Crippen molar-refractivity contribution in [2.75, 3.05) is 19.7 Å². The van der Waals surface area contributed by atoms with Crippen LogP contribution in [-0.2, 0) is 9.53 Å². The van der Waals surface area contributed by atoms with Crippen LogP contribution in [0.2, 0.25) is 0 Å². The highest BCUT2D eigenvalue weighted by Gasteiger charge is 2.32. The van der Waals surface area contributed by atoms with Crippen molar-refractivity contribution in [1.82, 2.24) is 4.90 Å². The molecular formula is C15H23ClN2O2S. The standard InChI is InChI=1S/C15H22N2O2S.ClH/c16-13-3-1-2-11(8-13)15(18)17-5-6-19-14(9-17)12-4-7-20-10-12;/h4,7,10-11,13-14H,1-3,5-6,8-9,16H2;1H. The highest BCUT2D eigenvalue weighted by molar-refractivity contribution is 7.07. The summed E-state index contributed by atoms with van der Waals surface area (Å²) in [6.07, 6.45) is 4.02. The number of amides is 1. The molecule has 1 amide bonds. The maximum Gasteiger partial charge on any atom is 0.225 e. The van der Waals surface area contributed by atoms with Crippen LogP contribution >= 0.6 is 23.7 Å². The molecule has 1 aromatic heterocycles. The van der Waals surface area contributed by atoms with Crippen molar-refractivity contribution in [2.24, 2.45) is 11.7 Å². The predicted octanol–water partition coefficient (Wildman–Crippen LogP) is 2.59. The van der Waals surface area contributed by atoms with Crippen LogP contribution in [0.15, 0.2) is 16.8 Å². The van der Waals surface area contributed by atoms with Gasteiger partial charge in [0.25, 0.3) is 0 Å². The smallest absolute Gasteiger partial charge is 0.225 e. The molecule has 118 valence electrons. The van der Waals surface area contributed by atoms with Crippen molar-refractivity contribution in [3.05, 3.63) is 22.4 Å². The van der Waals surface area contributed by atoms with Gasteiger partial charge in [-0.1, -0.05) is 6.42 Å². The number of carbonyl (C=O) groups is 1.